The van der Waals surface area contributed by atoms with Crippen LogP contribution in [0.15, 0.2) is 309 Å². The van der Waals surface area contributed by atoms with Gasteiger partial charge in [-0.3, -0.25) is 80.9 Å². The number of hydrogen-bond donors (Lipinski definition) is 9. The van der Waals surface area contributed by atoms with Gasteiger partial charge in [0.25, 0.3) is 71.1 Å². The maximum Gasteiger partial charge on any atom is 0.295 e. The molecule has 0 saturated heterocycles. The van der Waals surface area contributed by atoms with Gasteiger partial charge in [0.15, 0.2) is 10.8 Å². The van der Waals surface area contributed by atoms with Crippen molar-refractivity contribution in [2.45, 2.75) is 20.8 Å². The van der Waals surface area contributed by atoms with E-state index < -0.39 is 29.5 Å². The SMILES string of the molecule is C#Cc1cccc(C(=O)Nc2nc(NC(=O)c3cccc(N=[N+]=N)c3)nn2-c2ccccc2)c1.COc1cccc(C(=O)Nc2nc(NC(=O)c3cccc(OC)c3)n(-c3ccccc3)n2)c1.Cc1ccccc1C(=O)Nc1nc(NC(=O)c2ccccc2C)n(-c2ccccc2Cl)n1.Cc1ccccc1C(=O)Nc1nc(NC(=O)c2ncccn2)n(-c2ccccc2)n1. The number of benzene rings is 11. The fourth-order valence-electron chi connectivity index (χ4n) is 12.1. The number of rotatable bonds is 23. The van der Waals surface area contributed by atoms with Crippen molar-refractivity contribution in [3.63, 3.8) is 0 Å². The quantitative estimate of drug-likeness (QED) is 0.0163. The van der Waals surface area contributed by atoms with Gasteiger partial charge in [0.05, 0.1) is 42.0 Å². The van der Waals surface area contributed by atoms with Crippen LogP contribution in [0, 0.1) is 38.6 Å². The van der Waals surface area contributed by atoms with Crippen LogP contribution >= 0.6 is 11.6 Å². The summed E-state index contributed by atoms with van der Waals surface area (Å²) in [6.07, 6.45) is 8.37. The molecule has 0 unspecified atom stereocenters. The molecule has 638 valence electrons. The van der Waals surface area contributed by atoms with Crippen molar-refractivity contribution in [1.29, 1.82) is 5.53 Å². The Morgan fingerprint density at radius 2 is 0.698 bits per heavy atom. The summed E-state index contributed by atoms with van der Waals surface area (Å²) in [5.41, 5.74) is 15.6. The van der Waals surface area contributed by atoms with Gasteiger partial charge in [-0.25, -0.2) is 9.97 Å². The van der Waals surface area contributed by atoms with E-state index in [-0.39, 0.29) is 76.7 Å². The van der Waals surface area contributed by atoms with Gasteiger partial charge in [-0.15, -0.1) is 26.8 Å². The highest BCUT2D eigenvalue weighted by molar-refractivity contribution is 6.32. The van der Waals surface area contributed by atoms with Gasteiger partial charge in [0.2, 0.25) is 34.5 Å². The average Bonchev–Trinajstić information content (AvgIpc) is 1.67. The van der Waals surface area contributed by atoms with E-state index in [1.165, 1.54) is 51.4 Å². The molecule has 129 heavy (non-hydrogen) atoms. The van der Waals surface area contributed by atoms with Crippen LogP contribution < -0.4 is 56.9 Å². The number of para-hydroxylation sites is 4. The number of terminal acetylenes is 1. The summed E-state index contributed by atoms with van der Waals surface area (Å²) in [5.74, 6) is 0.879. The molecule has 8 amide bonds. The molecule has 5 heterocycles. The van der Waals surface area contributed by atoms with E-state index in [9.17, 15) is 38.4 Å². The minimum absolute atomic E-state index is 0.00870. The Morgan fingerprint density at radius 3 is 1.11 bits per heavy atom. The second-order valence-electron chi connectivity index (χ2n) is 27.2. The third-order valence-corrected chi connectivity index (χ3v) is 18.8. The zero-order valence-corrected chi connectivity index (χ0v) is 69.8. The minimum Gasteiger partial charge on any atom is -0.497 e. The van der Waals surface area contributed by atoms with E-state index in [2.05, 4.69) is 109 Å². The molecule has 9 N–H and O–H groups in total. The van der Waals surface area contributed by atoms with Gasteiger partial charge in [-0.1, -0.05) is 163 Å². The number of amides is 8. The highest BCUT2D eigenvalue weighted by Gasteiger charge is 2.25. The Balaban J connectivity index is 0.000000147. The average molecular weight is 1740 g/mol. The van der Waals surface area contributed by atoms with Crippen LogP contribution in [0.1, 0.15) is 105 Å². The molecule has 0 atom stereocenters. The standard InChI is InChI=1S/C24H20ClN5O2.C24H16N8O2.C24H21N5O4.C21H17N7O2/c1-15-9-3-5-11-17(15)21(31)26-23-28-24(27-22(32)18-12-6-4-10-16(18)2)30(29-23)20-14-8-7-13-19(20)25;1-2-16-8-6-9-17(14-16)22(34)27-24-28-23(30-32(24)20-12-4-3-5-13-20)26-21(33)18-10-7-11-19(15-18)29-31-25;1-32-19-12-6-8-16(14-19)21(30)25-23-27-24(29(28-23)18-10-4-3-5-11-18)26-22(31)17-9-7-13-20(15-17)33-2;1-14-8-5-6-11-16(14)18(29)24-20-26-21(25-19(30)17-22-12-7-13-23-17)28(27-20)15-9-3-2-4-10-15/h3-14H,1-2H3,(H2,26,27,28,29,31,32);1,3-15,25H,(H-,26,27,28,30,33,34);3-15H,1-2H3,(H2,25,26,27,28,30,31);2-13H,1H3,(H2,24,25,26,27,29,30)/p+1. The Morgan fingerprint density at radius 1 is 0.364 bits per heavy atom. The largest absolute Gasteiger partial charge is 0.497 e. The topological polar surface area (TPSA) is 450 Å². The number of carbonyl (C=O) groups excluding carboxylic acids is 8. The lowest BCUT2D eigenvalue weighted by Crippen LogP contribution is -2.18. The normalized spacial score (nSPS) is 10.3. The predicted octanol–water partition coefficient (Wildman–Crippen LogP) is 15.6. The van der Waals surface area contributed by atoms with E-state index in [4.69, 9.17) is 33.0 Å². The number of anilines is 8. The monoisotopic (exact) mass is 1740 g/mol. The molecule has 36 heteroatoms. The number of aryl methyl sites for hydroxylation is 3. The van der Waals surface area contributed by atoms with Gasteiger partial charge in [0, 0.05) is 56.9 Å². The van der Waals surface area contributed by atoms with Crippen molar-refractivity contribution in [3.8, 4) is 46.6 Å². The second kappa shape index (κ2) is 42.4. The number of nitrogens with zero attached hydrogens (tertiary/aromatic N) is 16. The van der Waals surface area contributed by atoms with E-state index >= 15 is 0 Å². The summed E-state index contributed by atoms with van der Waals surface area (Å²) in [5, 5.41) is 43.0. The molecule has 0 aliphatic heterocycles. The van der Waals surface area contributed by atoms with Crippen molar-refractivity contribution in [2.24, 2.45) is 5.11 Å². The van der Waals surface area contributed by atoms with Crippen molar-refractivity contribution in [3.05, 3.63) is 376 Å². The van der Waals surface area contributed by atoms with Crippen LogP contribution in [-0.2, 0) is 0 Å². The van der Waals surface area contributed by atoms with Crippen LogP contribution in [0.5, 0.6) is 11.5 Å². The van der Waals surface area contributed by atoms with Crippen LogP contribution in [0.3, 0.4) is 0 Å². The number of aromatic nitrogens is 14. The maximum atomic E-state index is 12.9. The first-order valence-electron chi connectivity index (χ1n) is 39.0. The fourth-order valence-corrected chi connectivity index (χ4v) is 12.3. The smallest absolute Gasteiger partial charge is 0.295 e. The number of nitrogens with one attached hydrogen (secondary N) is 9. The van der Waals surface area contributed by atoms with Gasteiger partial charge in [0.1, 0.15) is 17.0 Å². The van der Waals surface area contributed by atoms with Crippen molar-refractivity contribution in [1.82, 2.24) is 73.9 Å². The van der Waals surface area contributed by atoms with E-state index in [1.807, 2.05) is 124 Å². The zero-order valence-electron chi connectivity index (χ0n) is 69.1. The lowest BCUT2D eigenvalue weighted by Gasteiger charge is -2.09. The van der Waals surface area contributed by atoms with Crippen molar-refractivity contribution < 1.29 is 47.8 Å². The Kier molecular flexibility index (Phi) is 29.0. The molecular weight excluding hydrogens is 1660 g/mol. The molecule has 0 bridgehead atoms. The third kappa shape index (κ3) is 23.0. The Bertz CT molecular complexity index is 6900. The summed E-state index contributed by atoms with van der Waals surface area (Å²) in [6, 6.07) is 83.9. The number of methoxy groups -OCH3 is 2. The zero-order chi connectivity index (χ0) is 90.7. The molecule has 11 aromatic carbocycles. The molecule has 0 saturated carbocycles. The first kappa shape index (κ1) is 88.4. The summed E-state index contributed by atoms with van der Waals surface area (Å²) >= 11 is 6.35. The number of hydrogen-bond acceptors (Lipinski definition) is 22. The summed E-state index contributed by atoms with van der Waals surface area (Å²) in [4.78, 5) is 130. The Hall–Kier alpha value is -18.4. The molecule has 5 aromatic heterocycles. The van der Waals surface area contributed by atoms with Gasteiger partial charge in [-0.2, -0.15) is 38.7 Å². The second-order valence-corrected chi connectivity index (χ2v) is 27.6. The lowest BCUT2D eigenvalue weighted by atomic mass is 10.1. The van der Waals surface area contributed by atoms with Crippen LogP contribution in [0.2, 0.25) is 5.02 Å². The Labute approximate surface area is 740 Å². The number of carbonyl (C=O) groups is 8. The predicted molar refractivity (Wildman–Crippen MR) is 483 cm³/mol. The van der Waals surface area contributed by atoms with Gasteiger partial charge in [-0.05, 0) is 183 Å². The van der Waals surface area contributed by atoms with Gasteiger partial charge >= 0.3 is 0 Å². The van der Waals surface area contributed by atoms with E-state index in [0.29, 0.717) is 83.9 Å². The van der Waals surface area contributed by atoms with Crippen molar-refractivity contribution >= 4 is 112 Å². The molecule has 16 aromatic rings. The fraction of sp³-hybridized carbons (Fsp3) is 0.0538. The van der Waals surface area contributed by atoms with E-state index in [1.54, 1.807) is 182 Å². The van der Waals surface area contributed by atoms with Crippen LogP contribution in [0.4, 0.5) is 53.3 Å². The summed E-state index contributed by atoms with van der Waals surface area (Å²) < 4.78 is 16.0. The van der Waals surface area contributed by atoms with E-state index in [0.717, 1.165) is 16.7 Å². The maximum absolute atomic E-state index is 12.9. The highest BCUT2D eigenvalue weighted by atomic mass is 35.5. The van der Waals surface area contributed by atoms with Crippen molar-refractivity contribution in [2.75, 3.05) is 56.8 Å². The molecule has 35 nitrogen and oxygen atoms in total. The molecule has 0 aliphatic carbocycles. The lowest BCUT2D eigenvalue weighted by molar-refractivity contribution is 0.100. The molecule has 0 spiro atoms. The number of halogens is 1. The molecule has 0 fully saturated rings. The minimum atomic E-state index is -0.544. The number of ether oxygens (including phenoxy) is 2. The van der Waals surface area contributed by atoms with Crippen LogP contribution in [0.25, 0.3) is 22.7 Å². The molecule has 16 rings (SSSR count). The summed E-state index contributed by atoms with van der Waals surface area (Å²) in [6.45, 7) is 5.54. The molecule has 0 aliphatic rings. The first-order valence-corrected chi connectivity index (χ1v) is 39.3. The molecular formula is C93H75ClN25O10+. The highest BCUT2D eigenvalue weighted by Crippen LogP contribution is 2.28. The molecule has 0 radical (unpaired) electrons. The third-order valence-electron chi connectivity index (χ3n) is 18.5. The summed E-state index contributed by atoms with van der Waals surface area (Å²) in [7, 11) is 3.05. The first-order chi connectivity index (χ1) is 62.7. The van der Waals surface area contributed by atoms with Crippen LogP contribution in [-0.4, -0.2) is 131 Å². The van der Waals surface area contributed by atoms with Gasteiger partial charge < -0.3 is 9.47 Å².